The summed E-state index contributed by atoms with van der Waals surface area (Å²) in [6.45, 7) is 8.42. The number of ether oxygens (including phenoxy) is 2. The molecule has 0 bridgehead atoms. The van der Waals surface area contributed by atoms with E-state index in [1.807, 2.05) is 13.8 Å². The minimum atomic E-state index is -1.15. The molecule has 2 atom stereocenters. The van der Waals surface area contributed by atoms with Gasteiger partial charge in [0.1, 0.15) is 28.0 Å². The van der Waals surface area contributed by atoms with Crippen molar-refractivity contribution in [1.29, 1.82) is 0 Å². The molecule has 5 N–H and O–H groups in total. The summed E-state index contributed by atoms with van der Waals surface area (Å²) in [5, 5.41) is 13.9. The molecule has 6 heterocycles. The van der Waals surface area contributed by atoms with Gasteiger partial charge in [-0.15, -0.1) is 0 Å². The number of aliphatic carboxylic acids is 1. The van der Waals surface area contributed by atoms with Crippen LogP contribution in [-0.2, 0) is 73.8 Å². The van der Waals surface area contributed by atoms with Crippen LogP contribution in [-0.4, -0.2) is 136 Å². The number of halogens is 4. The van der Waals surface area contributed by atoms with Crippen molar-refractivity contribution in [2.45, 2.75) is 111 Å². The van der Waals surface area contributed by atoms with Crippen LogP contribution in [0.5, 0.6) is 0 Å². The molecule has 0 spiro atoms. The van der Waals surface area contributed by atoms with Crippen LogP contribution >= 0.6 is 23.2 Å². The highest BCUT2D eigenvalue weighted by atomic mass is 35.5. The number of nitrogens with one attached hydrogen (secondary N) is 2. The Bertz CT molecular complexity index is 3280. The summed E-state index contributed by atoms with van der Waals surface area (Å²) in [4.78, 5) is 116. The summed E-state index contributed by atoms with van der Waals surface area (Å²) in [6, 6.07) is 4.03. The first kappa shape index (κ1) is 67.4. The predicted molar refractivity (Wildman–Crippen MR) is 312 cm³/mol. The molecule has 4 aromatic rings. The number of allylic oxidation sites excluding steroid dienone is 2. The molecule has 0 fully saturated rings. The molecule has 448 valence electrons. The third kappa shape index (κ3) is 20.1. The van der Waals surface area contributed by atoms with Gasteiger partial charge >= 0.3 is 18.2 Å². The molecule has 0 saturated heterocycles. The Morgan fingerprint density at radius 3 is 1.54 bits per heavy atom. The van der Waals surface area contributed by atoms with E-state index >= 15 is 0 Å². The van der Waals surface area contributed by atoms with Crippen LogP contribution in [0.3, 0.4) is 0 Å². The summed E-state index contributed by atoms with van der Waals surface area (Å²) in [5.41, 5.74) is 9.85. The Balaban J connectivity index is 0.000000297. The lowest BCUT2D eigenvalue weighted by molar-refractivity contribution is -0.139. The van der Waals surface area contributed by atoms with E-state index in [-0.39, 0.29) is 83.5 Å². The lowest BCUT2D eigenvalue weighted by atomic mass is 10.0. The number of carboxylic acid groups (broad SMARTS) is 1. The molecule has 2 aliphatic heterocycles. The van der Waals surface area contributed by atoms with Gasteiger partial charge in [0.05, 0.1) is 74.2 Å². The number of hydrogen-bond acceptors (Lipinski definition) is 15. The van der Waals surface area contributed by atoms with Crippen molar-refractivity contribution >= 4 is 87.4 Å². The zero-order valence-electron chi connectivity index (χ0n) is 48.1. The van der Waals surface area contributed by atoms with Crippen molar-refractivity contribution in [1.82, 2.24) is 39.5 Å². The number of Topliss-reactive ketones (excluding diaryl/α,β-unsaturated/α-hetero) is 1. The van der Waals surface area contributed by atoms with Crippen LogP contribution < -0.4 is 27.5 Å². The minimum Gasteiger partial charge on any atom is -0.480 e. The summed E-state index contributed by atoms with van der Waals surface area (Å²) in [6.07, 6.45) is 9.50. The lowest BCUT2D eigenvalue weighted by Crippen LogP contribution is -2.42. The molecule has 0 aliphatic carbocycles. The van der Waals surface area contributed by atoms with E-state index in [1.165, 1.54) is 68.8 Å². The van der Waals surface area contributed by atoms with Crippen LogP contribution in [0.15, 0.2) is 80.5 Å². The van der Waals surface area contributed by atoms with Gasteiger partial charge < -0.3 is 40.7 Å². The van der Waals surface area contributed by atoms with E-state index in [2.05, 4.69) is 53.9 Å². The summed E-state index contributed by atoms with van der Waals surface area (Å²) in [7, 11) is 8.81. The fourth-order valence-electron chi connectivity index (χ4n) is 8.22. The zero-order chi connectivity index (χ0) is 61.8. The van der Waals surface area contributed by atoms with Crippen LogP contribution in [0.2, 0.25) is 10.3 Å². The van der Waals surface area contributed by atoms with Gasteiger partial charge in [-0.2, -0.15) is 0 Å². The van der Waals surface area contributed by atoms with Gasteiger partial charge in [-0.25, -0.2) is 23.2 Å². The number of amides is 4. The number of hydrogen-bond donors (Lipinski definition) is 4. The molecule has 22 nitrogen and oxygen atoms in total. The summed E-state index contributed by atoms with van der Waals surface area (Å²) < 4.78 is 40.2. The van der Waals surface area contributed by atoms with E-state index in [1.54, 1.807) is 46.4 Å². The second kappa shape index (κ2) is 31.9. The maximum Gasteiger partial charge on any atom is 0.407 e. The Kier molecular flexibility index (Phi) is 25.9. The second-order valence-electron chi connectivity index (χ2n) is 20.5. The standard InChI is InChI=1S/C29H35ClFN5O5.C17H18ClFN4O.C11H18N2O5/c1-17(2)12-23-27-20(21(31)15-32-23)14-19(33-27)16-36-25(30)11-10-18(28(36)39)13-24(37)22(34-29(40)41-5)8-6-7-9-26(38)35(3)4;1-9(2)5-14-16-11(12(19)7-21-14)6-10(22-16)8-23-15(18)4-3-13(20)17(23)24;1-13(2)9(14)7-5-4-6-8(10(15)16)12-11(17)18-3/h7,9-11,15,17,22H,6,8,12-14,16H2,1-5H3,(H,34,40);3-4,7,9H,5-6,8,20H2,1-2H3;5,7-8H,4,6H2,1-3H3,(H,12,17)(H,15,16)/b9-7+;;7-5+/t22-;;8-/m0.0/s1. The average Bonchev–Trinajstić information content (AvgIpc) is 4.22. The van der Waals surface area contributed by atoms with E-state index in [0.29, 0.717) is 77.1 Å². The number of fused-ring (bicyclic) bond motifs is 2. The number of carbonyl (C=O) groups is 6. The molecule has 0 aromatic carbocycles. The Morgan fingerprint density at radius 1 is 0.699 bits per heavy atom. The largest absolute Gasteiger partial charge is 0.480 e. The number of nitrogens with zero attached hydrogens (tertiary/aromatic N) is 8. The number of anilines is 1. The molecular formula is C57H71Cl2F2N11O11. The van der Waals surface area contributed by atoms with Crippen molar-refractivity contribution < 1.29 is 52.1 Å². The van der Waals surface area contributed by atoms with Crippen molar-refractivity contribution in [3.05, 3.63) is 132 Å². The number of carbonyl (C=O) groups excluding carboxylic acids is 5. The first-order chi connectivity index (χ1) is 39.1. The van der Waals surface area contributed by atoms with E-state index in [9.17, 15) is 47.1 Å². The number of nitrogen functional groups attached to an aromatic ring is 1. The van der Waals surface area contributed by atoms with Gasteiger partial charge in [0.25, 0.3) is 11.1 Å². The number of pyridine rings is 4. The molecule has 0 saturated carbocycles. The number of aromatic nitrogens is 4. The number of ketones is 1. The van der Waals surface area contributed by atoms with Gasteiger partial charge in [0, 0.05) is 75.6 Å². The van der Waals surface area contributed by atoms with E-state index in [0.717, 1.165) is 19.2 Å². The minimum absolute atomic E-state index is 0.0173. The Labute approximate surface area is 489 Å². The number of aliphatic imine (C=N–C) groups is 2. The highest BCUT2D eigenvalue weighted by molar-refractivity contribution is 6.30. The molecule has 4 amide bonds. The van der Waals surface area contributed by atoms with Crippen molar-refractivity contribution in [3.63, 3.8) is 0 Å². The van der Waals surface area contributed by atoms with Gasteiger partial charge in [-0.3, -0.25) is 53.1 Å². The fraction of sp³-hybridized carbons (Fsp3) is 0.439. The number of alkyl carbamates (subject to hydrolysis) is 2. The summed E-state index contributed by atoms with van der Waals surface area (Å²) >= 11 is 12.5. The molecule has 6 rings (SSSR count). The first-order valence-corrected chi connectivity index (χ1v) is 27.1. The van der Waals surface area contributed by atoms with Gasteiger partial charge in [0.2, 0.25) is 11.8 Å². The van der Waals surface area contributed by atoms with Crippen LogP contribution in [0.1, 0.15) is 81.5 Å². The first-order valence-electron chi connectivity index (χ1n) is 26.3. The molecule has 0 unspecified atom stereocenters. The highest BCUT2D eigenvalue weighted by Gasteiger charge is 2.28. The maximum absolute atomic E-state index is 14.5. The number of carboxylic acids is 1. The van der Waals surface area contributed by atoms with Crippen LogP contribution in [0.4, 0.5) is 35.4 Å². The SMILES string of the molecule is CC(C)Cc1ncc(F)c2c1N=C(Cn1c(Cl)ccc(N)c1=O)C2.COC(=O)N[C@@H](CC/C=C/C(=O)N(C)C)C(=O)Cc1ccc(Cl)n(CC2=Nc3c(CC(C)C)ncc(F)c3C2)c1=O.COC(=O)N[C@@H](CC/C=C/C(=O)N(C)C)C(=O)O. The van der Waals surface area contributed by atoms with Crippen LogP contribution in [0.25, 0.3) is 0 Å². The molecule has 0 radical (unpaired) electrons. The van der Waals surface area contributed by atoms with Gasteiger partial charge in [-0.1, -0.05) is 69.1 Å². The second-order valence-corrected chi connectivity index (χ2v) is 21.3. The van der Waals surface area contributed by atoms with Gasteiger partial charge in [-0.05, 0) is 80.7 Å². The normalized spacial score (nSPS) is 13.0. The predicted octanol–water partition coefficient (Wildman–Crippen LogP) is 7.19. The maximum atomic E-state index is 14.5. The topological polar surface area (TPSA) is 292 Å². The number of likely N-dealkylation sites (N-methyl/N-ethyl adjacent to an activating group) is 2. The number of methoxy groups -OCH3 is 2. The third-order valence-electron chi connectivity index (χ3n) is 12.6. The molecule has 83 heavy (non-hydrogen) atoms. The zero-order valence-corrected chi connectivity index (χ0v) is 49.6. The molecule has 4 aromatic heterocycles. The number of rotatable bonds is 22. The third-order valence-corrected chi connectivity index (χ3v) is 13.2. The lowest BCUT2D eigenvalue weighted by Gasteiger charge is -2.17. The van der Waals surface area contributed by atoms with Gasteiger partial charge in [0.15, 0.2) is 5.78 Å². The van der Waals surface area contributed by atoms with Crippen LogP contribution in [0, 0.1) is 23.5 Å². The Hall–Kier alpha value is -8.12. The van der Waals surface area contributed by atoms with Crippen molar-refractivity contribution in [2.75, 3.05) is 48.1 Å². The summed E-state index contributed by atoms with van der Waals surface area (Å²) in [5.74, 6) is -2.08. The molecule has 2 aliphatic rings. The van der Waals surface area contributed by atoms with E-state index < -0.39 is 47.4 Å². The van der Waals surface area contributed by atoms with Crippen molar-refractivity contribution in [3.8, 4) is 0 Å². The highest BCUT2D eigenvalue weighted by Crippen LogP contribution is 2.35. The smallest absolute Gasteiger partial charge is 0.407 e. The van der Waals surface area contributed by atoms with E-state index in [4.69, 9.17) is 34.0 Å². The molecule has 26 heteroatoms. The monoisotopic (exact) mass is 1190 g/mol. The molecular weight excluding hydrogens is 1120 g/mol. The van der Waals surface area contributed by atoms with Crippen molar-refractivity contribution in [2.24, 2.45) is 21.8 Å². The number of nitrogens with two attached hydrogens (primary N) is 1. The average molecular weight is 1200 g/mol. The Morgan fingerprint density at radius 2 is 1.12 bits per heavy atom. The fourth-order valence-corrected chi connectivity index (χ4v) is 8.62. The quantitative estimate of drug-likeness (QED) is 0.0448.